The van der Waals surface area contributed by atoms with Crippen molar-refractivity contribution in [3.05, 3.63) is 30.3 Å². The summed E-state index contributed by atoms with van der Waals surface area (Å²) in [5.41, 5.74) is 1.29. The second-order valence-corrected chi connectivity index (χ2v) is 5.90. The Bertz CT molecular complexity index is 370. The minimum Gasteiger partial charge on any atom is -0.385 e. The van der Waals surface area contributed by atoms with Crippen molar-refractivity contribution in [2.75, 3.05) is 11.9 Å². The summed E-state index contributed by atoms with van der Waals surface area (Å²) in [4.78, 5) is 0. The molecule has 1 aromatic carbocycles. The quantitative estimate of drug-likeness (QED) is 0.811. The van der Waals surface area contributed by atoms with Gasteiger partial charge in [0, 0.05) is 12.2 Å². The molecule has 3 fully saturated rings. The highest BCUT2D eigenvalue weighted by atomic mass is 14.9. The highest BCUT2D eigenvalue weighted by molar-refractivity contribution is 5.42. The van der Waals surface area contributed by atoms with E-state index in [1.165, 1.54) is 25.1 Å². The van der Waals surface area contributed by atoms with Gasteiger partial charge in [-0.2, -0.15) is 0 Å². The maximum absolute atomic E-state index is 3.60. The molecule has 1 nitrogen and oxygen atoms in total. The Morgan fingerprint density at radius 2 is 1.69 bits per heavy atom. The van der Waals surface area contributed by atoms with Gasteiger partial charge in [0.05, 0.1) is 0 Å². The monoisotopic (exact) mass is 213 g/mol. The normalized spacial score (nSPS) is 43.1. The zero-order chi connectivity index (χ0) is 10.5. The SMILES string of the molecule is c1ccc(NCC2C3C4CCC(C4)C23)cc1. The Balaban J connectivity index is 1.38. The highest BCUT2D eigenvalue weighted by Crippen LogP contribution is 2.69. The second kappa shape index (κ2) is 3.26. The average molecular weight is 213 g/mol. The Hall–Kier alpha value is -0.980. The van der Waals surface area contributed by atoms with Crippen LogP contribution in [0.1, 0.15) is 19.3 Å². The van der Waals surface area contributed by atoms with Gasteiger partial charge in [0.1, 0.15) is 0 Å². The first-order valence-electron chi connectivity index (χ1n) is 6.72. The molecule has 0 aliphatic heterocycles. The van der Waals surface area contributed by atoms with E-state index in [9.17, 15) is 0 Å². The van der Waals surface area contributed by atoms with E-state index >= 15 is 0 Å². The molecule has 3 saturated carbocycles. The summed E-state index contributed by atoms with van der Waals surface area (Å²) in [7, 11) is 0. The van der Waals surface area contributed by atoms with Crippen molar-refractivity contribution in [3.8, 4) is 0 Å². The van der Waals surface area contributed by atoms with Crippen LogP contribution in [0, 0.1) is 29.6 Å². The van der Waals surface area contributed by atoms with Gasteiger partial charge in [-0.05, 0) is 61.0 Å². The van der Waals surface area contributed by atoms with Crippen molar-refractivity contribution in [3.63, 3.8) is 0 Å². The molecule has 0 saturated heterocycles. The molecule has 0 spiro atoms. The number of anilines is 1. The molecule has 1 N–H and O–H groups in total. The first-order chi connectivity index (χ1) is 7.93. The summed E-state index contributed by atoms with van der Waals surface area (Å²) in [6.45, 7) is 1.21. The summed E-state index contributed by atoms with van der Waals surface area (Å²) < 4.78 is 0. The fourth-order valence-electron chi connectivity index (χ4n) is 4.57. The minimum atomic E-state index is 1.01. The van der Waals surface area contributed by atoms with E-state index < -0.39 is 0 Å². The lowest BCUT2D eigenvalue weighted by Crippen LogP contribution is -2.09. The molecule has 1 aromatic rings. The fraction of sp³-hybridized carbons (Fsp3) is 0.600. The van der Waals surface area contributed by atoms with E-state index in [0.29, 0.717) is 0 Å². The van der Waals surface area contributed by atoms with Crippen molar-refractivity contribution in [1.82, 2.24) is 0 Å². The Kier molecular flexibility index (Phi) is 1.85. The molecule has 16 heavy (non-hydrogen) atoms. The molecule has 4 unspecified atom stereocenters. The topological polar surface area (TPSA) is 12.0 Å². The minimum absolute atomic E-state index is 1.01. The van der Waals surface area contributed by atoms with E-state index in [0.717, 1.165) is 29.6 Å². The van der Waals surface area contributed by atoms with Crippen LogP contribution in [0.25, 0.3) is 0 Å². The highest BCUT2D eigenvalue weighted by Gasteiger charge is 2.64. The molecule has 4 atom stereocenters. The van der Waals surface area contributed by atoms with Crippen LogP contribution in [0.2, 0.25) is 0 Å². The van der Waals surface area contributed by atoms with Gasteiger partial charge in [-0.15, -0.1) is 0 Å². The lowest BCUT2D eigenvalue weighted by molar-refractivity contribution is 0.456. The Labute approximate surface area is 97.2 Å². The first-order valence-corrected chi connectivity index (χ1v) is 6.72. The number of benzene rings is 1. The van der Waals surface area contributed by atoms with Crippen molar-refractivity contribution in [2.45, 2.75) is 19.3 Å². The second-order valence-electron chi connectivity index (χ2n) is 5.90. The number of hydrogen-bond acceptors (Lipinski definition) is 1. The van der Waals surface area contributed by atoms with E-state index in [4.69, 9.17) is 0 Å². The lowest BCUT2D eigenvalue weighted by Gasteiger charge is -2.10. The predicted molar refractivity (Wildman–Crippen MR) is 66.2 cm³/mol. The van der Waals surface area contributed by atoms with Crippen LogP contribution in [0.3, 0.4) is 0 Å². The van der Waals surface area contributed by atoms with Crippen LogP contribution in [-0.2, 0) is 0 Å². The zero-order valence-corrected chi connectivity index (χ0v) is 9.60. The van der Waals surface area contributed by atoms with Gasteiger partial charge in [-0.3, -0.25) is 0 Å². The van der Waals surface area contributed by atoms with E-state index in [-0.39, 0.29) is 0 Å². The van der Waals surface area contributed by atoms with Gasteiger partial charge in [0.2, 0.25) is 0 Å². The summed E-state index contributed by atoms with van der Waals surface area (Å²) in [5.74, 6) is 5.44. The number of para-hydroxylation sites is 1. The Morgan fingerprint density at radius 1 is 1.00 bits per heavy atom. The number of nitrogens with one attached hydrogen (secondary N) is 1. The van der Waals surface area contributed by atoms with Crippen molar-refractivity contribution >= 4 is 5.69 Å². The summed E-state index contributed by atoms with van der Waals surface area (Å²) in [6, 6.07) is 10.6. The van der Waals surface area contributed by atoms with Crippen LogP contribution in [0.4, 0.5) is 5.69 Å². The maximum atomic E-state index is 3.60. The lowest BCUT2D eigenvalue weighted by atomic mass is 10.0. The third-order valence-electron chi connectivity index (χ3n) is 5.21. The molecule has 4 rings (SSSR count). The molecular formula is C15H19N. The van der Waals surface area contributed by atoms with Gasteiger partial charge >= 0.3 is 0 Å². The molecule has 0 heterocycles. The first kappa shape index (κ1) is 9.09. The number of hydrogen-bond donors (Lipinski definition) is 1. The molecule has 1 heteroatoms. The zero-order valence-electron chi connectivity index (χ0n) is 9.60. The number of rotatable bonds is 3. The molecule has 3 aliphatic carbocycles. The van der Waals surface area contributed by atoms with Crippen LogP contribution in [-0.4, -0.2) is 6.54 Å². The smallest absolute Gasteiger partial charge is 0.0340 e. The Morgan fingerprint density at radius 3 is 2.38 bits per heavy atom. The average Bonchev–Trinajstić information content (AvgIpc) is 2.72. The van der Waals surface area contributed by atoms with E-state index in [2.05, 4.69) is 35.6 Å². The van der Waals surface area contributed by atoms with E-state index in [1.807, 2.05) is 0 Å². The molecule has 3 aliphatic rings. The summed E-state index contributed by atoms with van der Waals surface area (Å²) >= 11 is 0. The van der Waals surface area contributed by atoms with Crippen molar-refractivity contribution in [2.24, 2.45) is 29.6 Å². The molecule has 0 aromatic heterocycles. The van der Waals surface area contributed by atoms with Crippen LogP contribution in [0.5, 0.6) is 0 Å². The summed E-state index contributed by atoms with van der Waals surface area (Å²) in [5, 5.41) is 3.60. The van der Waals surface area contributed by atoms with Crippen LogP contribution in [0.15, 0.2) is 30.3 Å². The largest absolute Gasteiger partial charge is 0.385 e. The van der Waals surface area contributed by atoms with Crippen molar-refractivity contribution in [1.29, 1.82) is 0 Å². The third kappa shape index (κ3) is 1.24. The number of fused-ring (bicyclic) bond motifs is 5. The van der Waals surface area contributed by atoms with Gasteiger partial charge < -0.3 is 5.32 Å². The van der Waals surface area contributed by atoms with Gasteiger partial charge in [-0.1, -0.05) is 18.2 Å². The molecule has 0 radical (unpaired) electrons. The summed E-state index contributed by atoms with van der Waals surface area (Å²) in [6.07, 6.45) is 4.64. The van der Waals surface area contributed by atoms with Crippen molar-refractivity contribution < 1.29 is 0 Å². The van der Waals surface area contributed by atoms with Gasteiger partial charge in [-0.25, -0.2) is 0 Å². The molecular weight excluding hydrogens is 194 g/mol. The molecule has 0 amide bonds. The predicted octanol–water partition coefficient (Wildman–Crippen LogP) is 3.39. The standard InChI is InChI=1S/C15H19N/c1-2-4-12(5-3-1)16-9-13-14-10-6-7-11(8-10)15(13)14/h1-5,10-11,13-16H,6-9H2. The maximum Gasteiger partial charge on any atom is 0.0340 e. The molecule has 2 bridgehead atoms. The van der Waals surface area contributed by atoms with Crippen LogP contribution >= 0.6 is 0 Å². The van der Waals surface area contributed by atoms with E-state index in [1.54, 1.807) is 6.42 Å². The third-order valence-corrected chi connectivity index (χ3v) is 5.21. The molecule has 84 valence electrons. The van der Waals surface area contributed by atoms with Crippen LogP contribution < -0.4 is 5.32 Å². The van der Waals surface area contributed by atoms with Gasteiger partial charge in [0.15, 0.2) is 0 Å². The fourth-order valence-corrected chi connectivity index (χ4v) is 4.57. The van der Waals surface area contributed by atoms with Gasteiger partial charge in [0.25, 0.3) is 0 Å².